The standard InChI is InChI=1S/C30H32N8O4/c1-31-26(39)7-4-2-3-6-24(35-29(41)21-10-12-22(13-11-21)37-19-27(40)36-30(37)42)28-32-18-25(34-28)20-8-14-23(15-9-20)38-17-5-16-33-38/h5,8-18,24H,2-4,6-7,19H2,1H3,(H,31,39)(H,32,34)(H,35,41)(H,36,40,42)/t24-/m0/s1. The van der Waals surface area contributed by atoms with Gasteiger partial charge in [0.15, 0.2) is 0 Å². The Hall–Kier alpha value is -5.26. The van der Waals surface area contributed by atoms with Crippen molar-refractivity contribution in [3.63, 3.8) is 0 Å². The van der Waals surface area contributed by atoms with Gasteiger partial charge < -0.3 is 15.6 Å². The maximum absolute atomic E-state index is 13.3. The maximum atomic E-state index is 13.3. The average Bonchev–Trinajstić information content (AvgIpc) is 3.78. The Labute approximate surface area is 242 Å². The number of amides is 5. The summed E-state index contributed by atoms with van der Waals surface area (Å²) in [6.07, 6.45) is 8.80. The second-order valence-corrected chi connectivity index (χ2v) is 9.96. The molecule has 0 bridgehead atoms. The normalized spacial score (nSPS) is 13.6. The summed E-state index contributed by atoms with van der Waals surface area (Å²) in [4.78, 5) is 57.6. The van der Waals surface area contributed by atoms with Crippen LogP contribution in [-0.4, -0.2) is 57.1 Å². The van der Waals surface area contributed by atoms with E-state index in [1.165, 1.54) is 4.90 Å². The van der Waals surface area contributed by atoms with E-state index in [9.17, 15) is 19.2 Å². The molecule has 1 aliphatic heterocycles. The summed E-state index contributed by atoms with van der Waals surface area (Å²) in [5, 5.41) is 12.2. The molecule has 5 rings (SSSR count). The van der Waals surface area contributed by atoms with E-state index < -0.39 is 12.1 Å². The van der Waals surface area contributed by atoms with Gasteiger partial charge in [0.25, 0.3) is 5.91 Å². The highest BCUT2D eigenvalue weighted by molar-refractivity contribution is 6.12. The first-order chi connectivity index (χ1) is 20.4. The molecule has 12 heteroatoms. The highest BCUT2D eigenvalue weighted by atomic mass is 16.2. The molecule has 2 aromatic carbocycles. The topological polar surface area (TPSA) is 154 Å². The number of hydrogen-bond acceptors (Lipinski definition) is 6. The van der Waals surface area contributed by atoms with E-state index in [1.807, 2.05) is 36.5 Å². The van der Waals surface area contributed by atoms with Gasteiger partial charge in [0.2, 0.25) is 11.8 Å². The van der Waals surface area contributed by atoms with Crippen molar-refractivity contribution in [3.05, 3.63) is 84.6 Å². The van der Waals surface area contributed by atoms with E-state index in [0.717, 1.165) is 36.2 Å². The summed E-state index contributed by atoms with van der Waals surface area (Å²) in [6.45, 7) is -0.0564. The minimum Gasteiger partial charge on any atom is -0.359 e. The van der Waals surface area contributed by atoms with Crippen LogP contribution in [0.15, 0.2) is 73.2 Å². The zero-order valence-electron chi connectivity index (χ0n) is 23.2. The third-order valence-electron chi connectivity index (χ3n) is 7.09. The molecule has 0 radical (unpaired) electrons. The van der Waals surface area contributed by atoms with E-state index in [-0.39, 0.29) is 24.3 Å². The largest absolute Gasteiger partial charge is 0.359 e. The minimum atomic E-state index is -0.488. The van der Waals surface area contributed by atoms with Crippen molar-refractivity contribution in [2.24, 2.45) is 0 Å². The number of nitrogens with zero attached hydrogens (tertiary/aromatic N) is 4. The minimum absolute atomic E-state index is 0.00771. The van der Waals surface area contributed by atoms with Gasteiger partial charge in [-0.3, -0.25) is 24.6 Å². The molecular formula is C30H32N8O4. The summed E-state index contributed by atoms with van der Waals surface area (Å²) >= 11 is 0. The molecule has 1 atom stereocenters. The van der Waals surface area contributed by atoms with Crippen molar-refractivity contribution >= 4 is 29.4 Å². The molecule has 5 amide bonds. The quantitative estimate of drug-likeness (QED) is 0.152. The van der Waals surface area contributed by atoms with Crippen molar-refractivity contribution in [1.82, 2.24) is 35.7 Å². The molecule has 42 heavy (non-hydrogen) atoms. The van der Waals surface area contributed by atoms with E-state index in [4.69, 9.17) is 0 Å². The number of unbranched alkanes of at least 4 members (excludes halogenated alkanes) is 2. The first-order valence-electron chi connectivity index (χ1n) is 13.8. The van der Waals surface area contributed by atoms with Crippen LogP contribution in [-0.2, 0) is 9.59 Å². The van der Waals surface area contributed by atoms with Crippen LogP contribution < -0.4 is 20.9 Å². The number of imide groups is 1. The van der Waals surface area contributed by atoms with Crippen molar-refractivity contribution in [1.29, 1.82) is 0 Å². The van der Waals surface area contributed by atoms with Gasteiger partial charge in [0, 0.05) is 37.1 Å². The molecule has 0 unspecified atom stereocenters. The van der Waals surface area contributed by atoms with Gasteiger partial charge in [0.05, 0.1) is 23.6 Å². The third kappa shape index (κ3) is 6.72. The van der Waals surface area contributed by atoms with Crippen LogP contribution in [0.2, 0.25) is 0 Å². The Kier molecular flexibility index (Phi) is 8.71. The van der Waals surface area contributed by atoms with Crippen LogP contribution in [0, 0.1) is 0 Å². The lowest BCUT2D eigenvalue weighted by atomic mass is 10.1. The lowest BCUT2D eigenvalue weighted by Gasteiger charge is -2.18. The highest BCUT2D eigenvalue weighted by Gasteiger charge is 2.28. The Morgan fingerprint density at radius 1 is 1.00 bits per heavy atom. The number of urea groups is 1. The third-order valence-corrected chi connectivity index (χ3v) is 7.09. The molecule has 0 spiro atoms. The Balaban J connectivity index is 1.28. The molecule has 4 aromatic rings. The lowest BCUT2D eigenvalue weighted by Crippen LogP contribution is -2.30. The number of nitrogens with one attached hydrogen (secondary N) is 4. The fraction of sp³-hybridized carbons (Fsp3) is 0.267. The van der Waals surface area contributed by atoms with Crippen molar-refractivity contribution < 1.29 is 19.2 Å². The van der Waals surface area contributed by atoms with Crippen LogP contribution >= 0.6 is 0 Å². The molecule has 0 aliphatic carbocycles. The summed E-state index contributed by atoms with van der Waals surface area (Å²) in [6, 6.07) is 15.4. The van der Waals surface area contributed by atoms with Crippen molar-refractivity contribution in [3.8, 4) is 16.9 Å². The molecule has 4 N–H and O–H groups in total. The van der Waals surface area contributed by atoms with E-state index in [2.05, 4.69) is 31.0 Å². The fourth-order valence-electron chi connectivity index (χ4n) is 4.77. The Morgan fingerprint density at radius 2 is 1.76 bits per heavy atom. The van der Waals surface area contributed by atoms with Gasteiger partial charge in [0.1, 0.15) is 12.4 Å². The monoisotopic (exact) mass is 568 g/mol. The second kappa shape index (κ2) is 12.9. The smallest absolute Gasteiger partial charge is 0.329 e. The zero-order chi connectivity index (χ0) is 29.5. The molecule has 1 fully saturated rings. The predicted molar refractivity (Wildman–Crippen MR) is 156 cm³/mol. The lowest BCUT2D eigenvalue weighted by molar-refractivity contribution is -0.120. The average molecular weight is 569 g/mol. The van der Waals surface area contributed by atoms with E-state index in [0.29, 0.717) is 29.9 Å². The number of carbonyl (C=O) groups is 4. The summed E-state index contributed by atoms with van der Waals surface area (Å²) in [7, 11) is 1.62. The van der Waals surface area contributed by atoms with Gasteiger partial charge >= 0.3 is 6.03 Å². The number of rotatable bonds is 12. The van der Waals surface area contributed by atoms with Crippen molar-refractivity contribution in [2.75, 3.05) is 18.5 Å². The van der Waals surface area contributed by atoms with Gasteiger partial charge in [-0.1, -0.05) is 25.0 Å². The van der Waals surface area contributed by atoms with Crippen LogP contribution in [0.25, 0.3) is 16.9 Å². The maximum Gasteiger partial charge on any atom is 0.329 e. The number of benzene rings is 2. The summed E-state index contributed by atoms with van der Waals surface area (Å²) < 4.78 is 1.78. The Bertz CT molecular complexity index is 1540. The molecule has 1 aliphatic rings. The number of hydrogen-bond donors (Lipinski definition) is 4. The molecule has 216 valence electrons. The van der Waals surface area contributed by atoms with Crippen LogP contribution in [0.4, 0.5) is 10.5 Å². The summed E-state index contributed by atoms with van der Waals surface area (Å²) in [5.74, 6) is -0.0231. The van der Waals surface area contributed by atoms with Crippen LogP contribution in [0.5, 0.6) is 0 Å². The zero-order valence-corrected chi connectivity index (χ0v) is 23.2. The number of imidazole rings is 1. The first kappa shape index (κ1) is 28.3. The fourth-order valence-corrected chi connectivity index (χ4v) is 4.77. The SMILES string of the molecule is CNC(=O)CCCCC[C@H](NC(=O)c1ccc(N2CC(=O)NC2=O)cc1)c1ncc(-c2ccc(-n3cccn3)cc2)[nH]1. The van der Waals surface area contributed by atoms with Gasteiger partial charge in [-0.15, -0.1) is 0 Å². The number of carbonyl (C=O) groups excluding carboxylic acids is 4. The molecule has 1 saturated heterocycles. The molecule has 2 aromatic heterocycles. The van der Waals surface area contributed by atoms with E-state index in [1.54, 1.807) is 48.4 Å². The summed E-state index contributed by atoms with van der Waals surface area (Å²) in [5.41, 5.74) is 3.64. The molecule has 3 heterocycles. The van der Waals surface area contributed by atoms with Gasteiger partial charge in [-0.05, 0) is 60.9 Å². The second-order valence-electron chi connectivity index (χ2n) is 9.96. The van der Waals surface area contributed by atoms with Crippen LogP contribution in [0.3, 0.4) is 0 Å². The molecular weight excluding hydrogens is 536 g/mol. The van der Waals surface area contributed by atoms with Crippen molar-refractivity contribution in [2.45, 2.75) is 38.1 Å². The highest BCUT2D eigenvalue weighted by Crippen LogP contribution is 2.25. The number of aromatic nitrogens is 4. The predicted octanol–water partition coefficient (Wildman–Crippen LogP) is 3.49. The number of aromatic amines is 1. The Morgan fingerprint density at radius 3 is 2.43 bits per heavy atom. The van der Waals surface area contributed by atoms with Gasteiger partial charge in [-0.2, -0.15) is 5.10 Å². The number of H-pyrrole nitrogens is 1. The molecule has 12 nitrogen and oxygen atoms in total. The first-order valence-corrected chi connectivity index (χ1v) is 13.8. The van der Waals surface area contributed by atoms with Gasteiger partial charge in [-0.25, -0.2) is 14.5 Å². The van der Waals surface area contributed by atoms with Crippen LogP contribution in [0.1, 0.15) is 54.3 Å². The number of anilines is 1. The van der Waals surface area contributed by atoms with E-state index >= 15 is 0 Å². The molecule has 0 saturated carbocycles.